The molecule has 2 aromatic carbocycles. The van der Waals surface area contributed by atoms with Crippen molar-refractivity contribution in [2.24, 2.45) is 5.73 Å². The van der Waals surface area contributed by atoms with Crippen molar-refractivity contribution in [3.63, 3.8) is 0 Å². The smallest absolute Gasteiger partial charge is 0.391 e. The quantitative estimate of drug-likeness (QED) is 0.502. The van der Waals surface area contributed by atoms with Crippen molar-refractivity contribution >= 4 is 27.5 Å². The van der Waals surface area contributed by atoms with Gasteiger partial charge in [-0.05, 0) is 36.2 Å². The number of benzene rings is 2. The molecule has 0 aliphatic heterocycles. The molecule has 0 bridgehead atoms. The minimum Gasteiger partial charge on any atom is -0.391 e. The third-order valence-corrected chi connectivity index (χ3v) is 6.41. The van der Waals surface area contributed by atoms with Crippen molar-refractivity contribution in [2.75, 3.05) is 0 Å². The summed E-state index contributed by atoms with van der Waals surface area (Å²) >= 11 is 5.88. The van der Waals surface area contributed by atoms with Gasteiger partial charge in [-0.2, -0.15) is 4.72 Å². The molecule has 30 heavy (non-hydrogen) atoms. The normalized spacial score (nSPS) is 13.7. The van der Waals surface area contributed by atoms with Gasteiger partial charge in [-0.25, -0.2) is 18.3 Å². The van der Waals surface area contributed by atoms with E-state index in [4.69, 9.17) is 21.8 Å². The summed E-state index contributed by atoms with van der Waals surface area (Å²) in [6, 6.07) is 10.0. The summed E-state index contributed by atoms with van der Waals surface area (Å²) in [6.45, 7) is 3.64. The maximum Gasteiger partial charge on any atom is 0.434 e. The molecule has 0 aliphatic carbocycles. The number of nitrogens with one attached hydrogen (secondary N) is 2. The second kappa shape index (κ2) is 8.42. The number of hydrogen-bond donors (Lipinski definition) is 3. The van der Waals surface area contributed by atoms with Crippen LogP contribution in [0.15, 0.2) is 56.6 Å². The Morgan fingerprint density at radius 2 is 1.97 bits per heavy atom. The van der Waals surface area contributed by atoms with E-state index in [1.165, 1.54) is 18.2 Å². The number of carbonyl (C=O) groups excluding carboxylic acids is 1. The molecule has 1 amide bonds. The van der Waals surface area contributed by atoms with Gasteiger partial charge in [0, 0.05) is 10.9 Å². The van der Waals surface area contributed by atoms with E-state index in [2.05, 4.69) is 14.9 Å². The topological polar surface area (TPSA) is 148 Å². The molecule has 0 aliphatic rings. The Labute approximate surface area is 177 Å². The Morgan fingerprint density at radius 1 is 1.27 bits per heavy atom. The summed E-state index contributed by atoms with van der Waals surface area (Å²) in [5.74, 6) is -2.39. The zero-order chi connectivity index (χ0) is 22.1. The highest BCUT2D eigenvalue weighted by atomic mass is 35.5. The largest absolute Gasteiger partial charge is 0.434 e. The predicted molar refractivity (Wildman–Crippen MR) is 110 cm³/mol. The fourth-order valence-corrected chi connectivity index (χ4v) is 4.81. The molecule has 0 saturated heterocycles. The first-order valence-electron chi connectivity index (χ1n) is 8.83. The van der Waals surface area contributed by atoms with Crippen LogP contribution in [0, 0.1) is 6.92 Å². The molecule has 4 N–H and O–H groups in total. The van der Waals surface area contributed by atoms with Crippen molar-refractivity contribution in [3.8, 4) is 0 Å². The lowest BCUT2D eigenvalue weighted by Crippen LogP contribution is -2.33. The van der Waals surface area contributed by atoms with Crippen LogP contribution >= 0.6 is 11.6 Å². The number of rotatable bonds is 7. The molecule has 11 heteroatoms. The van der Waals surface area contributed by atoms with E-state index in [1.54, 1.807) is 6.92 Å². The molecule has 0 saturated carbocycles. The summed E-state index contributed by atoms with van der Waals surface area (Å²) in [5, 5.41) is 6.09. The van der Waals surface area contributed by atoms with Crippen LogP contribution in [0.4, 0.5) is 0 Å². The maximum absolute atomic E-state index is 13.2. The second-order valence-electron chi connectivity index (χ2n) is 6.70. The first kappa shape index (κ1) is 21.8. The van der Waals surface area contributed by atoms with Crippen molar-refractivity contribution in [3.05, 3.63) is 80.6 Å². The van der Waals surface area contributed by atoms with Crippen LogP contribution in [0.5, 0.6) is 0 Å². The second-order valence-corrected chi connectivity index (χ2v) is 8.82. The molecule has 9 nitrogen and oxygen atoms in total. The summed E-state index contributed by atoms with van der Waals surface area (Å²) in [7, 11) is -4.28. The highest BCUT2D eigenvalue weighted by molar-refractivity contribution is 7.89. The van der Waals surface area contributed by atoms with Gasteiger partial charge in [0.15, 0.2) is 0 Å². The number of aromatic amines is 1. The molecule has 3 rings (SSSR count). The van der Waals surface area contributed by atoms with Gasteiger partial charge in [0.2, 0.25) is 21.8 Å². The maximum atomic E-state index is 13.2. The monoisotopic (exact) mass is 450 g/mol. The van der Waals surface area contributed by atoms with Gasteiger partial charge in [-0.1, -0.05) is 42.8 Å². The van der Waals surface area contributed by atoms with E-state index in [1.807, 2.05) is 31.2 Å². The lowest BCUT2D eigenvalue weighted by Gasteiger charge is -2.24. The molecule has 3 aromatic rings. The number of nitrogens with zero attached hydrogens (tertiary/aromatic N) is 1. The number of carbonyl (C=O) groups is 1. The Bertz CT molecular complexity index is 1250. The third kappa shape index (κ3) is 4.45. The minimum atomic E-state index is -4.28. The molecule has 0 unspecified atom stereocenters. The Kier molecular flexibility index (Phi) is 6.11. The first-order valence-corrected chi connectivity index (χ1v) is 10.7. The van der Waals surface area contributed by atoms with Gasteiger partial charge in [0.1, 0.15) is 6.04 Å². The summed E-state index contributed by atoms with van der Waals surface area (Å²) in [6.07, 6.45) is 0. The van der Waals surface area contributed by atoms with Crippen molar-refractivity contribution in [1.82, 2.24) is 14.9 Å². The van der Waals surface area contributed by atoms with Crippen LogP contribution in [-0.4, -0.2) is 24.5 Å². The Hall–Kier alpha value is -2.95. The average Bonchev–Trinajstić information content (AvgIpc) is 3.12. The minimum absolute atomic E-state index is 0.145. The highest BCUT2D eigenvalue weighted by Gasteiger charge is 2.33. The van der Waals surface area contributed by atoms with E-state index in [-0.39, 0.29) is 21.4 Å². The van der Waals surface area contributed by atoms with Gasteiger partial charge >= 0.3 is 5.76 Å². The van der Waals surface area contributed by atoms with Crippen molar-refractivity contribution in [2.45, 2.75) is 30.7 Å². The number of hydrogen-bond acceptors (Lipinski definition) is 6. The molecule has 1 aromatic heterocycles. The van der Waals surface area contributed by atoms with E-state index in [9.17, 15) is 18.0 Å². The molecule has 0 radical (unpaired) electrons. The van der Waals surface area contributed by atoms with Gasteiger partial charge in [-0.15, -0.1) is 5.10 Å². The Morgan fingerprint density at radius 3 is 2.57 bits per heavy atom. The third-order valence-electron chi connectivity index (χ3n) is 4.68. The van der Waals surface area contributed by atoms with Crippen LogP contribution in [0.3, 0.4) is 0 Å². The first-order chi connectivity index (χ1) is 14.1. The number of sulfonamides is 1. The number of aryl methyl sites for hydroxylation is 1. The number of H-pyrrole nitrogens is 1. The standard InChI is InChI=1S/C19H19ClN4O5S/c1-10-5-3-4-6-13(10)11(2)16(18-22-23-19(26)29-18)24-30(27,28)15-8-7-12(20)9-14(15)17(21)25/h3-9,11,16,24H,1-2H3,(H2,21,25)(H,23,26)/t11-,16+/m1/s1. The zero-order valence-electron chi connectivity index (χ0n) is 16.0. The summed E-state index contributed by atoms with van der Waals surface area (Å²) in [4.78, 5) is 22.9. The molecule has 158 valence electrons. The van der Waals surface area contributed by atoms with Crippen LogP contribution in [0.25, 0.3) is 0 Å². The average molecular weight is 451 g/mol. The number of nitrogens with two attached hydrogens (primary N) is 1. The van der Waals surface area contributed by atoms with Gasteiger partial charge in [0.25, 0.3) is 0 Å². The molecule has 0 spiro atoms. The lowest BCUT2D eigenvalue weighted by molar-refractivity contribution is 0.0997. The fourth-order valence-electron chi connectivity index (χ4n) is 3.18. The summed E-state index contributed by atoms with van der Waals surface area (Å²) in [5.41, 5.74) is 6.80. The van der Waals surface area contributed by atoms with E-state index < -0.39 is 33.6 Å². The molecule has 1 heterocycles. The molecular weight excluding hydrogens is 432 g/mol. The number of aromatic nitrogens is 2. The molecular formula is C19H19ClN4O5S. The zero-order valence-corrected chi connectivity index (χ0v) is 17.6. The van der Waals surface area contributed by atoms with Crippen LogP contribution in [-0.2, 0) is 10.0 Å². The SMILES string of the molecule is Cc1ccccc1[C@@H](C)[C@H](NS(=O)(=O)c1ccc(Cl)cc1C(N)=O)c1n[nH]c(=O)o1. The fraction of sp³-hybridized carbons (Fsp3) is 0.211. The van der Waals surface area contributed by atoms with Crippen LogP contribution in [0.1, 0.15) is 46.3 Å². The van der Waals surface area contributed by atoms with Gasteiger partial charge < -0.3 is 10.2 Å². The summed E-state index contributed by atoms with van der Waals surface area (Å²) < 4.78 is 33.9. The van der Waals surface area contributed by atoms with Gasteiger partial charge in [-0.3, -0.25) is 4.79 Å². The number of amides is 1. The van der Waals surface area contributed by atoms with E-state index in [0.717, 1.165) is 11.1 Å². The lowest BCUT2D eigenvalue weighted by atomic mass is 9.90. The van der Waals surface area contributed by atoms with Crippen LogP contribution < -0.4 is 16.2 Å². The highest BCUT2D eigenvalue weighted by Crippen LogP contribution is 2.33. The van der Waals surface area contributed by atoms with Gasteiger partial charge in [0.05, 0.1) is 10.5 Å². The number of primary amides is 1. The Balaban J connectivity index is 2.09. The molecule has 0 fully saturated rings. The van der Waals surface area contributed by atoms with Crippen molar-refractivity contribution < 1.29 is 17.6 Å². The van der Waals surface area contributed by atoms with Crippen molar-refractivity contribution in [1.29, 1.82) is 0 Å². The van der Waals surface area contributed by atoms with Crippen LogP contribution in [0.2, 0.25) is 5.02 Å². The van der Waals surface area contributed by atoms with E-state index in [0.29, 0.717) is 0 Å². The molecule has 2 atom stereocenters. The number of halogens is 1. The van der Waals surface area contributed by atoms with E-state index >= 15 is 0 Å². The predicted octanol–water partition coefficient (Wildman–Crippen LogP) is 2.25.